The molecule has 1 aliphatic heterocycles. The first-order chi connectivity index (χ1) is 10.2. The van der Waals surface area contributed by atoms with Crippen LogP contribution in [0.1, 0.15) is 38.3 Å². The molecule has 0 radical (unpaired) electrons. The number of likely N-dealkylation sites (tertiary alicyclic amines) is 1. The number of piperidine rings is 1. The average Bonchev–Trinajstić information content (AvgIpc) is 2.51. The second-order valence-corrected chi connectivity index (χ2v) is 5.68. The quantitative estimate of drug-likeness (QED) is 0.875. The lowest BCUT2D eigenvalue weighted by molar-refractivity contribution is -0.138. The van der Waals surface area contributed by atoms with Gasteiger partial charge in [-0.1, -0.05) is 32.0 Å². The van der Waals surface area contributed by atoms with E-state index in [1.165, 1.54) is 0 Å². The molecule has 21 heavy (non-hydrogen) atoms. The van der Waals surface area contributed by atoms with Crippen molar-refractivity contribution in [1.29, 1.82) is 0 Å². The minimum Gasteiger partial charge on any atom is -0.496 e. The van der Waals surface area contributed by atoms with Gasteiger partial charge in [0.2, 0.25) is 5.91 Å². The highest BCUT2D eigenvalue weighted by molar-refractivity contribution is 5.79. The smallest absolute Gasteiger partial charge is 0.225 e. The van der Waals surface area contributed by atoms with Crippen LogP contribution in [0.5, 0.6) is 5.75 Å². The third-order valence-corrected chi connectivity index (χ3v) is 4.17. The monoisotopic (exact) mass is 290 g/mol. The molecule has 0 aliphatic carbocycles. The molecule has 0 aromatic heterocycles. The molecule has 2 unspecified atom stereocenters. The lowest BCUT2D eigenvalue weighted by Crippen LogP contribution is -2.44. The van der Waals surface area contributed by atoms with Gasteiger partial charge in [-0.05, 0) is 25.5 Å². The molecule has 116 valence electrons. The minimum absolute atomic E-state index is 0.111. The van der Waals surface area contributed by atoms with Gasteiger partial charge in [0.15, 0.2) is 0 Å². The van der Waals surface area contributed by atoms with Gasteiger partial charge >= 0.3 is 0 Å². The number of carbonyl (C=O) groups is 1. The Hall–Kier alpha value is -1.55. The Bertz CT molecular complexity index is 476. The summed E-state index contributed by atoms with van der Waals surface area (Å²) in [5.74, 6) is 1.30. The van der Waals surface area contributed by atoms with Gasteiger partial charge in [-0.2, -0.15) is 0 Å². The van der Waals surface area contributed by atoms with Crippen LogP contribution in [0.15, 0.2) is 24.3 Å². The number of para-hydroxylation sites is 1. The van der Waals surface area contributed by atoms with Crippen molar-refractivity contribution in [3.63, 3.8) is 0 Å². The van der Waals surface area contributed by atoms with E-state index in [9.17, 15) is 4.79 Å². The number of hydrogen-bond donors (Lipinski definition) is 1. The molecule has 4 heteroatoms. The van der Waals surface area contributed by atoms with Crippen molar-refractivity contribution in [2.45, 2.75) is 32.7 Å². The van der Waals surface area contributed by atoms with Crippen LogP contribution in [0.4, 0.5) is 0 Å². The maximum absolute atomic E-state index is 12.3. The van der Waals surface area contributed by atoms with Crippen molar-refractivity contribution in [3.05, 3.63) is 29.8 Å². The molecule has 1 aromatic carbocycles. The third-order valence-electron chi connectivity index (χ3n) is 4.17. The highest BCUT2D eigenvalue weighted by Crippen LogP contribution is 2.27. The zero-order chi connectivity index (χ0) is 15.2. The van der Waals surface area contributed by atoms with Gasteiger partial charge in [-0.15, -0.1) is 0 Å². The largest absolute Gasteiger partial charge is 0.496 e. The van der Waals surface area contributed by atoms with Gasteiger partial charge < -0.3 is 15.0 Å². The number of carbonyl (C=O) groups excluding carboxylic acids is 1. The van der Waals surface area contributed by atoms with E-state index in [2.05, 4.69) is 18.3 Å². The summed E-state index contributed by atoms with van der Waals surface area (Å²) in [7, 11) is 1.69. The number of likely N-dealkylation sites (N-methyl/N-ethyl adjacent to an activating group) is 1. The molecule has 0 spiro atoms. The average molecular weight is 290 g/mol. The third kappa shape index (κ3) is 3.76. The Kier molecular flexibility index (Phi) is 5.62. The second-order valence-electron chi connectivity index (χ2n) is 5.68. The Morgan fingerprint density at radius 2 is 2.19 bits per heavy atom. The fraction of sp³-hybridized carbons (Fsp3) is 0.588. The number of ether oxygens (including phenoxy) is 1. The predicted octanol–water partition coefficient (Wildman–Crippen LogP) is 2.60. The standard InChI is InChI=1S/C17H26N2O2/c1-4-18-15(14-9-5-6-10-16(14)21-3)12-19-11-7-8-13(2)17(19)20/h5-6,9-10,13,15,18H,4,7-8,11-12H2,1-3H3. The Labute approximate surface area is 127 Å². The van der Waals surface area contributed by atoms with Crippen LogP contribution in [0.3, 0.4) is 0 Å². The molecule has 1 aromatic rings. The molecule has 1 N–H and O–H groups in total. The first kappa shape index (κ1) is 15.8. The lowest BCUT2D eigenvalue weighted by atomic mass is 9.97. The van der Waals surface area contributed by atoms with Gasteiger partial charge in [-0.25, -0.2) is 0 Å². The summed E-state index contributed by atoms with van der Waals surface area (Å²) in [6.45, 7) is 6.54. The van der Waals surface area contributed by atoms with Crippen LogP contribution in [0.25, 0.3) is 0 Å². The van der Waals surface area contributed by atoms with Crippen molar-refractivity contribution >= 4 is 5.91 Å². The Balaban J connectivity index is 2.17. The minimum atomic E-state index is 0.111. The van der Waals surface area contributed by atoms with Crippen LogP contribution in [-0.2, 0) is 4.79 Å². The highest BCUT2D eigenvalue weighted by Gasteiger charge is 2.28. The van der Waals surface area contributed by atoms with E-state index in [0.29, 0.717) is 6.54 Å². The Morgan fingerprint density at radius 3 is 2.90 bits per heavy atom. The molecule has 1 heterocycles. The normalized spacial score (nSPS) is 20.4. The van der Waals surface area contributed by atoms with E-state index in [4.69, 9.17) is 4.74 Å². The summed E-state index contributed by atoms with van der Waals surface area (Å²) >= 11 is 0. The highest BCUT2D eigenvalue weighted by atomic mass is 16.5. The molecule has 0 bridgehead atoms. The van der Waals surface area contributed by atoms with Gasteiger partial charge in [0.25, 0.3) is 0 Å². The van der Waals surface area contributed by atoms with Crippen LogP contribution in [0, 0.1) is 5.92 Å². The fourth-order valence-corrected chi connectivity index (χ4v) is 3.01. The first-order valence-corrected chi connectivity index (χ1v) is 7.82. The number of benzene rings is 1. The molecular weight excluding hydrogens is 264 g/mol. The topological polar surface area (TPSA) is 41.6 Å². The zero-order valence-corrected chi connectivity index (χ0v) is 13.3. The van der Waals surface area contributed by atoms with Crippen LogP contribution in [-0.4, -0.2) is 37.6 Å². The molecule has 1 amide bonds. The number of hydrogen-bond acceptors (Lipinski definition) is 3. The second kappa shape index (κ2) is 7.46. The number of nitrogens with one attached hydrogen (secondary N) is 1. The molecule has 2 rings (SSSR count). The van der Waals surface area contributed by atoms with E-state index in [-0.39, 0.29) is 17.9 Å². The molecule has 1 aliphatic rings. The molecule has 1 saturated heterocycles. The van der Waals surface area contributed by atoms with Gasteiger partial charge in [0.1, 0.15) is 5.75 Å². The van der Waals surface area contributed by atoms with Crippen LogP contribution < -0.4 is 10.1 Å². The molecule has 2 atom stereocenters. The predicted molar refractivity (Wildman–Crippen MR) is 84.4 cm³/mol. The molecule has 1 fully saturated rings. The van der Waals surface area contributed by atoms with E-state index < -0.39 is 0 Å². The van der Waals surface area contributed by atoms with Gasteiger partial charge in [-0.3, -0.25) is 4.79 Å². The summed E-state index contributed by atoms with van der Waals surface area (Å²) < 4.78 is 5.47. The summed E-state index contributed by atoms with van der Waals surface area (Å²) in [5.41, 5.74) is 1.12. The number of methoxy groups -OCH3 is 1. The van der Waals surface area contributed by atoms with Crippen molar-refractivity contribution in [2.75, 3.05) is 26.7 Å². The van der Waals surface area contributed by atoms with Crippen molar-refractivity contribution in [1.82, 2.24) is 10.2 Å². The SMILES string of the molecule is CCNC(CN1CCCC(C)C1=O)c1ccccc1OC. The Morgan fingerprint density at radius 1 is 1.43 bits per heavy atom. The van der Waals surface area contributed by atoms with Gasteiger partial charge in [0, 0.05) is 24.6 Å². The van der Waals surface area contributed by atoms with E-state index >= 15 is 0 Å². The van der Waals surface area contributed by atoms with Crippen molar-refractivity contribution in [3.8, 4) is 5.75 Å². The molecule has 4 nitrogen and oxygen atoms in total. The summed E-state index contributed by atoms with van der Waals surface area (Å²) in [6, 6.07) is 8.15. The van der Waals surface area contributed by atoms with Crippen LogP contribution in [0.2, 0.25) is 0 Å². The lowest BCUT2D eigenvalue weighted by Gasteiger charge is -2.34. The van der Waals surface area contributed by atoms with Crippen molar-refractivity contribution < 1.29 is 9.53 Å². The van der Waals surface area contributed by atoms with Gasteiger partial charge in [0.05, 0.1) is 13.2 Å². The molecular formula is C17H26N2O2. The van der Waals surface area contributed by atoms with Crippen LogP contribution >= 0.6 is 0 Å². The van der Waals surface area contributed by atoms with Crippen molar-refractivity contribution in [2.24, 2.45) is 5.92 Å². The maximum atomic E-state index is 12.3. The number of amides is 1. The zero-order valence-electron chi connectivity index (χ0n) is 13.3. The summed E-state index contributed by atoms with van der Waals surface area (Å²) in [5, 5.41) is 3.48. The number of nitrogens with zero attached hydrogens (tertiary/aromatic N) is 1. The van der Waals surface area contributed by atoms with E-state index in [1.54, 1.807) is 7.11 Å². The molecule has 0 saturated carbocycles. The summed E-state index contributed by atoms with van der Waals surface area (Å²) in [4.78, 5) is 14.3. The maximum Gasteiger partial charge on any atom is 0.225 e. The number of rotatable bonds is 6. The van der Waals surface area contributed by atoms with E-state index in [0.717, 1.165) is 37.2 Å². The fourth-order valence-electron chi connectivity index (χ4n) is 3.01. The van der Waals surface area contributed by atoms with E-state index in [1.807, 2.05) is 30.0 Å². The first-order valence-electron chi connectivity index (χ1n) is 7.82. The summed E-state index contributed by atoms with van der Waals surface area (Å²) in [6.07, 6.45) is 2.10.